The molecule has 5 rings (SSSR count). The number of alkyl carbamates (subject to hydrolysis) is 1. The van der Waals surface area contributed by atoms with Crippen LogP contribution < -0.4 is 20.3 Å². The number of fused-ring (bicyclic) bond motifs is 1. The number of anilines is 1. The van der Waals surface area contributed by atoms with Crippen molar-refractivity contribution in [3.63, 3.8) is 0 Å². The molecule has 2 N–H and O–H groups in total. The Labute approximate surface area is 314 Å². The molecule has 3 aromatic rings. The number of piperidine rings is 1. The van der Waals surface area contributed by atoms with Gasteiger partial charge in [-0.15, -0.1) is 0 Å². The first-order chi connectivity index (χ1) is 25.5. The number of alkyl halides is 3. The Balaban J connectivity index is 0.000000845. The molecule has 0 radical (unpaired) electrons. The van der Waals surface area contributed by atoms with Gasteiger partial charge in [-0.1, -0.05) is 60.7 Å². The molecule has 0 spiro atoms. The summed E-state index contributed by atoms with van der Waals surface area (Å²) in [5.74, 6) is -1.59. The predicted octanol–water partition coefficient (Wildman–Crippen LogP) is 6.70. The predicted molar refractivity (Wildman–Crippen MR) is 197 cm³/mol. The van der Waals surface area contributed by atoms with Crippen LogP contribution in [0, 0.1) is 0 Å². The first-order valence-electron chi connectivity index (χ1n) is 17.9. The van der Waals surface area contributed by atoms with Gasteiger partial charge in [-0.2, -0.15) is 13.2 Å². The number of rotatable bonds is 10. The third kappa shape index (κ3) is 10.7. The third-order valence-corrected chi connectivity index (χ3v) is 8.95. The fourth-order valence-corrected chi connectivity index (χ4v) is 6.38. The van der Waals surface area contributed by atoms with Crippen LogP contribution in [0.4, 0.5) is 23.7 Å². The Hall–Kier alpha value is -5.11. The van der Waals surface area contributed by atoms with Crippen molar-refractivity contribution in [2.24, 2.45) is 0 Å². The molecule has 2 atom stereocenters. The van der Waals surface area contributed by atoms with E-state index in [2.05, 4.69) is 15.4 Å². The molecule has 11 nitrogen and oxygen atoms in total. The van der Waals surface area contributed by atoms with Crippen LogP contribution in [-0.4, -0.2) is 79.2 Å². The standard InChI is InChI=1S/C35H39F3N4O5.C5H10O2/c1-4-41(29-21-39-16-15-25(29)24-13-9-6-10-14-24)31(43)26-19-28-30(20-27(26)35(36,37)38)47-34(2,3)32(44)42(28)18-17-40-33(45)46-22-23-11-7-5-8-12-23;1-5(2,3)7-4-6/h5-14,19-20,25,29,39H,4,15-18,21-22H2,1-3H3,(H,40,45);4H,1-3H3/t25-,29+;/m1./s1. The molecule has 0 saturated carbocycles. The van der Waals surface area contributed by atoms with E-state index in [1.165, 1.54) is 23.6 Å². The van der Waals surface area contributed by atoms with Crippen molar-refractivity contribution in [1.29, 1.82) is 0 Å². The van der Waals surface area contributed by atoms with E-state index in [1.54, 1.807) is 19.1 Å². The van der Waals surface area contributed by atoms with Crippen LogP contribution in [0.1, 0.15) is 80.9 Å². The van der Waals surface area contributed by atoms with Crippen molar-refractivity contribution in [2.75, 3.05) is 37.6 Å². The van der Waals surface area contributed by atoms with Crippen molar-refractivity contribution in [2.45, 2.75) is 83.9 Å². The number of hydrogen-bond donors (Lipinski definition) is 2. The fourth-order valence-electron chi connectivity index (χ4n) is 6.38. The van der Waals surface area contributed by atoms with Crippen molar-refractivity contribution in [3.05, 3.63) is 95.1 Å². The number of likely N-dealkylation sites (N-methyl/N-ethyl adjacent to an activating group) is 1. The first kappa shape index (κ1) is 41.6. The summed E-state index contributed by atoms with van der Waals surface area (Å²) >= 11 is 0. The Kier molecular flexibility index (Phi) is 13.7. The van der Waals surface area contributed by atoms with Gasteiger partial charge in [0.05, 0.1) is 22.9 Å². The minimum atomic E-state index is -4.88. The van der Waals surface area contributed by atoms with Crippen molar-refractivity contribution in [1.82, 2.24) is 15.5 Å². The molecule has 1 saturated heterocycles. The molecule has 0 aromatic heterocycles. The van der Waals surface area contributed by atoms with Gasteiger partial charge in [0.2, 0.25) is 0 Å². The summed E-state index contributed by atoms with van der Waals surface area (Å²) in [6.07, 6.45) is -4.89. The quantitative estimate of drug-likeness (QED) is 0.219. The SMILES string of the molecule is CC(C)(C)OC=O.CCN(C(=O)c1cc2c(cc1C(F)(F)F)OC(C)(C)C(=O)N2CCNC(=O)OCc1ccccc1)[C@H]1CNCC[C@@H]1c1ccccc1. The van der Waals surface area contributed by atoms with Gasteiger partial charge in [-0.3, -0.25) is 14.4 Å². The number of nitrogens with zero attached hydrogens (tertiary/aromatic N) is 2. The highest BCUT2D eigenvalue weighted by Gasteiger charge is 2.45. The molecule has 292 valence electrons. The highest BCUT2D eigenvalue weighted by molar-refractivity contribution is 6.05. The van der Waals surface area contributed by atoms with E-state index >= 15 is 0 Å². The monoisotopic (exact) mass is 754 g/mol. The van der Waals surface area contributed by atoms with Crippen molar-refractivity contribution in [3.8, 4) is 5.75 Å². The lowest BCUT2D eigenvalue weighted by atomic mass is 9.84. The Morgan fingerprint density at radius 1 is 1.06 bits per heavy atom. The van der Waals surface area contributed by atoms with Gasteiger partial charge in [0.25, 0.3) is 18.3 Å². The van der Waals surface area contributed by atoms with Crippen LogP contribution in [0.25, 0.3) is 0 Å². The largest absolute Gasteiger partial charge is 0.476 e. The maximum Gasteiger partial charge on any atom is 0.417 e. The van der Waals surface area contributed by atoms with Crippen LogP contribution in [0.15, 0.2) is 72.8 Å². The van der Waals surface area contributed by atoms with Crippen LogP contribution >= 0.6 is 0 Å². The zero-order chi connectivity index (χ0) is 39.7. The summed E-state index contributed by atoms with van der Waals surface area (Å²) in [6.45, 7) is 11.8. The lowest BCUT2D eigenvalue weighted by Crippen LogP contribution is -2.54. The molecule has 54 heavy (non-hydrogen) atoms. The number of halogens is 3. The van der Waals surface area contributed by atoms with E-state index in [9.17, 15) is 32.3 Å². The van der Waals surface area contributed by atoms with E-state index in [-0.39, 0.29) is 49.2 Å². The van der Waals surface area contributed by atoms with Crippen LogP contribution in [-0.2, 0) is 31.8 Å². The molecule has 2 heterocycles. The summed E-state index contributed by atoms with van der Waals surface area (Å²) < 4.78 is 59.4. The van der Waals surface area contributed by atoms with Crippen molar-refractivity contribution < 1.29 is 46.6 Å². The average Bonchev–Trinajstić information content (AvgIpc) is 3.12. The number of benzene rings is 3. The normalized spacial score (nSPS) is 17.9. The van der Waals surface area contributed by atoms with Gasteiger partial charge in [0.1, 0.15) is 18.0 Å². The number of nitrogens with one attached hydrogen (secondary N) is 2. The number of carbonyl (C=O) groups is 4. The second-order valence-electron chi connectivity index (χ2n) is 14.4. The molecule has 0 bridgehead atoms. The summed E-state index contributed by atoms with van der Waals surface area (Å²) in [6, 6.07) is 20.2. The highest BCUT2D eigenvalue weighted by Crippen LogP contribution is 2.44. The lowest BCUT2D eigenvalue weighted by molar-refractivity contribution is -0.139. The van der Waals surface area contributed by atoms with Gasteiger partial charge in [0.15, 0.2) is 5.60 Å². The van der Waals surface area contributed by atoms with E-state index in [0.29, 0.717) is 26.0 Å². The number of ether oxygens (including phenoxy) is 3. The minimum Gasteiger partial charge on any atom is -0.476 e. The maximum absolute atomic E-state index is 14.6. The number of hydrogen-bond acceptors (Lipinski definition) is 8. The zero-order valence-electron chi connectivity index (χ0n) is 31.5. The maximum atomic E-state index is 14.6. The third-order valence-electron chi connectivity index (χ3n) is 8.95. The van der Waals surface area contributed by atoms with Gasteiger partial charge in [-0.05, 0) is 77.8 Å². The molecule has 1 fully saturated rings. The van der Waals surface area contributed by atoms with E-state index < -0.39 is 46.9 Å². The van der Waals surface area contributed by atoms with Gasteiger partial charge in [0, 0.05) is 32.1 Å². The molecule has 3 aromatic carbocycles. The molecule has 0 unspecified atom stereocenters. The lowest BCUT2D eigenvalue weighted by Gasteiger charge is -2.41. The molecule has 0 aliphatic carbocycles. The Morgan fingerprint density at radius 2 is 1.70 bits per heavy atom. The van der Waals surface area contributed by atoms with Crippen LogP contribution in [0.3, 0.4) is 0 Å². The number of carbonyl (C=O) groups excluding carboxylic acids is 4. The topological polar surface area (TPSA) is 127 Å². The summed E-state index contributed by atoms with van der Waals surface area (Å²) in [5, 5.41) is 5.87. The molecule has 3 amide bonds. The van der Waals surface area contributed by atoms with Gasteiger partial charge >= 0.3 is 12.3 Å². The Bertz CT molecular complexity index is 1750. The summed E-state index contributed by atoms with van der Waals surface area (Å²) in [4.78, 5) is 52.4. The molecule has 2 aliphatic heterocycles. The van der Waals surface area contributed by atoms with Crippen LogP contribution in [0.2, 0.25) is 0 Å². The minimum absolute atomic E-state index is 0.0163. The summed E-state index contributed by atoms with van der Waals surface area (Å²) in [5.41, 5.74) is -1.72. The highest BCUT2D eigenvalue weighted by atomic mass is 19.4. The second kappa shape index (κ2) is 17.8. The number of amides is 3. The molecule has 14 heteroatoms. The van der Waals surface area contributed by atoms with E-state index in [4.69, 9.17) is 9.47 Å². The zero-order valence-corrected chi connectivity index (χ0v) is 31.5. The molecular formula is C40H49F3N4O7. The first-order valence-corrected chi connectivity index (χ1v) is 17.9. The van der Waals surface area contributed by atoms with E-state index in [1.807, 2.05) is 69.3 Å². The van der Waals surface area contributed by atoms with Crippen molar-refractivity contribution >= 4 is 30.1 Å². The summed E-state index contributed by atoms with van der Waals surface area (Å²) in [7, 11) is 0. The smallest absolute Gasteiger partial charge is 0.417 e. The van der Waals surface area contributed by atoms with E-state index in [0.717, 1.165) is 23.3 Å². The Morgan fingerprint density at radius 3 is 2.28 bits per heavy atom. The fraction of sp³-hybridized carbons (Fsp3) is 0.450. The molecule has 2 aliphatic rings. The van der Waals surface area contributed by atoms with Crippen LogP contribution in [0.5, 0.6) is 5.75 Å². The van der Waals surface area contributed by atoms with Gasteiger partial charge in [-0.25, -0.2) is 4.79 Å². The second-order valence-corrected chi connectivity index (χ2v) is 14.4. The average molecular weight is 755 g/mol. The van der Waals surface area contributed by atoms with Gasteiger partial charge < -0.3 is 34.6 Å². The molecular weight excluding hydrogens is 705 g/mol.